The number of fused-ring (bicyclic) bond motifs is 1. The Kier molecular flexibility index (Phi) is 5.59. The van der Waals surface area contributed by atoms with Crippen molar-refractivity contribution in [2.75, 3.05) is 45.9 Å². The molecule has 4 heterocycles. The Hall–Kier alpha value is -0.660. The van der Waals surface area contributed by atoms with Gasteiger partial charge in [-0.25, -0.2) is 0 Å². The number of carbonyl (C=O) groups excluding carboxylic acids is 1. The first-order valence-electron chi connectivity index (χ1n) is 8.24. The van der Waals surface area contributed by atoms with Crippen LogP contribution in [0.3, 0.4) is 0 Å². The molecule has 2 saturated heterocycles. The lowest BCUT2D eigenvalue weighted by molar-refractivity contribution is 0.0778. The fraction of sp³-hybridized carbons (Fsp3) is 0.688. The van der Waals surface area contributed by atoms with Crippen LogP contribution in [0.15, 0.2) is 6.07 Å². The van der Waals surface area contributed by atoms with Gasteiger partial charge in [-0.05, 0) is 18.1 Å². The molecule has 3 aliphatic heterocycles. The van der Waals surface area contributed by atoms with Crippen LogP contribution >= 0.6 is 23.7 Å². The largest absolute Gasteiger partial charge is 0.376 e. The van der Waals surface area contributed by atoms with Gasteiger partial charge in [0.2, 0.25) is 0 Å². The molecule has 2 fully saturated rings. The van der Waals surface area contributed by atoms with Crippen molar-refractivity contribution in [1.29, 1.82) is 0 Å². The Morgan fingerprint density at radius 3 is 2.91 bits per heavy atom. The maximum Gasteiger partial charge on any atom is 0.263 e. The number of ether oxygens (including phenoxy) is 1. The van der Waals surface area contributed by atoms with Crippen molar-refractivity contribution in [2.45, 2.75) is 25.5 Å². The van der Waals surface area contributed by atoms with Gasteiger partial charge in [-0.15, -0.1) is 23.7 Å². The fourth-order valence-electron chi connectivity index (χ4n) is 3.68. The molecule has 5 nitrogen and oxygen atoms in total. The third-order valence-corrected chi connectivity index (χ3v) is 6.18. The van der Waals surface area contributed by atoms with Gasteiger partial charge in [-0.3, -0.25) is 9.69 Å². The summed E-state index contributed by atoms with van der Waals surface area (Å²) in [5.41, 5.74) is 1.22. The Labute approximate surface area is 147 Å². The molecule has 1 aromatic rings. The predicted octanol–water partition coefficient (Wildman–Crippen LogP) is 1.36. The summed E-state index contributed by atoms with van der Waals surface area (Å²) in [6.45, 7) is 7.60. The second-order valence-electron chi connectivity index (χ2n) is 6.34. The summed E-state index contributed by atoms with van der Waals surface area (Å²) in [6.07, 6.45) is 2.07. The Morgan fingerprint density at radius 2 is 2.13 bits per heavy atom. The van der Waals surface area contributed by atoms with Crippen molar-refractivity contribution < 1.29 is 9.53 Å². The van der Waals surface area contributed by atoms with Gasteiger partial charge in [0.25, 0.3) is 5.91 Å². The molecule has 0 radical (unpaired) electrons. The van der Waals surface area contributed by atoms with Gasteiger partial charge in [0, 0.05) is 56.6 Å². The lowest BCUT2D eigenvalue weighted by atomic mass is 10.2. The maximum absolute atomic E-state index is 12.8. The number of hydrogen-bond donors (Lipinski definition) is 1. The second kappa shape index (κ2) is 7.49. The van der Waals surface area contributed by atoms with Crippen LogP contribution in [-0.4, -0.2) is 67.6 Å². The minimum absolute atomic E-state index is 0. The number of halogens is 1. The molecule has 1 aromatic heterocycles. The Morgan fingerprint density at radius 1 is 1.30 bits per heavy atom. The molecule has 7 heteroatoms. The zero-order valence-electron chi connectivity index (χ0n) is 13.3. The molecule has 0 aliphatic carbocycles. The summed E-state index contributed by atoms with van der Waals surface area (Å²) < 4.78 is 5.48. The first kappa shape index (κ1) is 17.2. The van der Waals surface area contributed by atoms with Gasteiger partial charge in [0.15, 0.2) is 0 Å². The van der Waals surface area contributed by atoms with Crippen molar-refractivity contribution in [3.63, 3.8) is 0 Å². The van der Waals surface area contributed by atoms with E-state index in [4.69, 9.17) is 4.74 Å². The van der Waals surface area contributed by atoms with Gasteiger partial charge in [0.1, 0.15) is 0 Å². The maximum atomic E-state index is 12.8. The van der Waals surface area contributed by atoms with E-state index in [-0.39, 0.29) is 18.3 Å². The van der Waals surface area contributed by atoms with Gasteiger partial charge >= 0.3 is 0 Å². The second-order valence-corrected chi connectivity index (χ2v) is 7.48. The molecule has 0 spiro atoms. The van der Waals surface area contributed by atoms with E-state index in [2.05, 4.69) is 16.3 Å². The van der Waals surface area contributed by atoms with Crippen molar-refractivity contribution in [1.82, 2.24) is 15.1 Å². The average molecular weight is 358 g/mol. The van der Waals surface area contributed by atoms with Crippen LogP contribution in [0.25, 0.3) is 0 Å². The smallest absolute Gasteiger partial charge is 0.263 e. The van der Waals surface area contributed by atoms with E-state index in [1.165, 1.54) is 10.4 Å². The standard InChI is InChI=1S/C16H23N3O2S.ClH/c20-16(15-9-12-11-21-8-2-14(12)22-15)19-5-1-13(10-19)18-6-3-17-4-7-18;/h9,13,17H,1-8,10-11H2;1H. The lowest BCUT2D eigenvalue weighted by Gasteiger charge is -2.32. The molecule has 4 rings (SSSR count). The van der Waals surface area contributed by atoms with E-state index in [9.17, 15) is 4.79 Å². The molecule has 128 valence electrons. The topological polar surface area (TPSA) is 44.8 Å². The summed E-state index contributed by atoms with van der Waals surface area (Å²) in [5, 5.41) is 3.39. The monoisotopic (exact) mass is 357 g/mol. The van der Waals surface area contributed by atoms with E-state index in [0.29, 0.717) is 12.6 Å². The number of rotatable bonds is 2. The van der Waals surface area contributed by atoms with Crippen molar-refractivity contribution in [3.05, 3.63) is 21.4 Å². The van der Waals surface area contributed by atoms with Crippen molar-refractivity contribution >= 4 is 29.7 Å². The first-order chi connectivity index (χ1) is 10.8. The highest BCUT2D eigenvalue weighted by molar-refractivity contribution is 7.14. The highest BCUT2D eigenvalue weighted by Crippen LogP contribution is 2.29. The van der Waals surface area contributed by atoms with Gasteiger partial charge < -0.3 is 15.0 Å². The number of likely N-dealkylation sites (tertiary alicyclic amines) is 1. The van der Waals surface area contributed by atoms with Crippen LogP contribution in [0.1, 0.15) is 26.5 Å². The van der Waals surface area contributed by atoms with E-state index >= 15 is 0 Å². The average Bonchev–Trinajstić information content (AvgIpc) is 3.22. The Balaban J connectivity index is 0.00000156. The van der Waals surface area contributed by atoms with Crippen molar-refractivity contribution in [3.8, 4) is 0 Å². The highest BCUT2D eigenvalue weighted by Gasteiger charge is 2.32. The van der Waals surface area contributed by atoms with Crippen LogP contribution < -0.4 is 5.32 Å². The molecule has 0 aromatic carbocycles. The molecule has 3 aliphatic rings. The minimum atomic E-state index is 0. The molecule has 1 atom stereocenters. The third-order valence-electron chi connectivity index (χ3n) is 4.96. The first-order valence-corrected chi connectivity index (χ1v) is 9.06. The summed E-state index contributed by atoms with van der Waals surface area (Å²) >= 11 is 1.67. The molecule has 1 unspecified atom stereocenters. The SMILES string of the molecule is Cl.O=C(c1cc2c(s1)CCOC2)N1CCC(N2CCNCC2)C1. The number of thiophene rings is 1. The fourth-order valence-corrected chi connectivity index (χ4v) is 4.80. The molecule has 0 bridgehead atoms. The molecule has 23 heavy (non-hydrogen) atoms. The van der Waals surface area contributed by atoms with E-state index in [1.54, 1.807) is 11.3 Å². The summed E-state index contributed by atoms with van der Waals surface area (Å²) in [4.78, 5) is 19.6. The number of amides is 1. The minimum Gasteiger partial charge on any atom is -0.376 e. The molecular formula is C16H24ClN3O2S. The van der Waals surface area contributed by atoms with Crippen LogP contribution in [0, 0.1) is 0 Å². The number of hydrogen-bond acceptors (Lipinski definition) is 5. The molecule has 1 N–H and O–H groups in total. The lowest BCUT2D eigenvalue weighted by Crippen LogP contribution is -2.49. The van der Waals surface area contributed by atoms with Crippen molar-refractivity contribution in [2.24, 2.45) is 0 Å². The zero-order valence-corrected chi connectivity index (χ0v) is 14.9. The summed E-state index contributed by atoms with van der Waals surface area (Å²) in [7, 11) is 0. The normalized spacial score (nSPS) is 25.0. The number of carbonyl (C=O) groups is 1. The predicted molar refractivity (Wildman–Crippen MR) is 93.7 cm³/mol. The van der Waals surface area contributed by atoms with Crippen LogP contribution in [-0.2, 0) is 17.8 Å². The Bertz CT molecular complexity index is 536. The van der Waals surface area contributed by atoms with Gasteiger partial charge in [-0.1, -0.05) is 0 Å². The van der Waals surface area contributed by atoms with Gasteiger partial charge in [0.05, 0.1) is 18.1 Å². The van der Waals surface area contributed by atoms with E-state index in [0.717, 1.165) is 63.6 Å². The third kappa shape index (κ3) is 3.56. The zero-order chi connectivity index (χ0) is 14.9. The van der Waals surface area contributed by atoms with E-state index < -0.39 is 0 Å². The van der Waals surface area contributed by atoms with Crippen LogP contribution in [0.5, 0.6) is 0 Å². The summed E-state index contributed by atoms with van der Waals surface area (Å²) in [6, 6.07) is 2.60. The van der Waals surface area contributed by atoms with E-state index in [1.807, 2.05) is 4.90 Å². The van der Waals surface area contributed by atoms with Crippen LogP contribution in [0.4, 0.5) is 0 Å². The van der Waals surface area contributed by atoms with Gasteiger partial charge in [-0.2, -0.15) is 0 Å². The van der Waals surface area contributed by atoms with Crippen LogP contribution in [0.2, 0.25) is 0 Å². The number of piperazine rings is 1. The number of nitrogens with one attached hydrogen (secondary N) is 1. The highest BCUT2D eigenvalue weighted by atomic mass is 35.5. The molecule has 0 saturated carbocycles. The number of nitrogens with zero attached hydrogens (tertiary/aromatic N) is 2. The quantitative estimate of drug-likeness (QED) is 0.868. The molecule has 1 amide bonds. The molecular weight excluding hydrogens is 334 g/mol. The summed E-state index contributed by atoms with van der Waals surface area (Å²) in [5.74, 6) is 0.219.